The monoisotopic (exact) mass is 280 g/mol. The summed E-state index contributed by atoms with van der Waals surface area (Å²) in [5, 5.41) is 0. The molecule has 1 rings (SSSR count). The zero-order valence-electron chi connectivity index (χ0n) is 7.40. The molecular weight excluding hydrogens is 272 g/mol. The Balaban J connectivity index is 3.30. The second-order valence-corrected chi connectivity index (χ2v) is 4.80. The zero-order chi connectivity index (χ0) is 10.8. The van der Waals surface area contributed by atoms with Crippen LogP contribution in [0.4, 0.5) is 0 Å². The largest absolute Gasteiger partial charge is 0.492 e. The summed E-state index contributed by atoms with van der Waals surface area (Å²) < 4.78 is 36.4. The van der Waals surface area contributed by atoms with E-state index in [1.165, 1.54) is 12.1 Å². The van der Waals surface area contributed by atoms with E-state index < -0.39 is 10.1 Å². The van der Waals surface area contributed by atoms with Crippen LogP contribution in [-0.4, -0.2) is 19.6 Å². The van der Waals surface area contributed by atoms with Crippen LogP contribution in [-0.2, 0) is 10.1 Å². The van der Waals surface area contributed by atoms with Crippen LogP contribution in [0.5, 0.6) is 5.75 Å². The van der Waals surface area contributed by atoms with Crippen molar-refractivity contribution in [1.29, 1.82) is 0 Å². The van der Waals surface area contributed by atoms with Gasteiger partial charge in [0.05, 0.1) is 6.61 Å². The van der Waals surface area contributed by atoms with Gasteiger partial charge in [-0.3, -0.25) is 4.55 Å². The van der Waals surface area contributed by atoms with Crippen molar-refractivity contribution in [3.8, 4) is 5.75 Å². The second kappa shape index (κ2) is 4.29. The van der Waals surface area contributed by atoms with Crippen molar-refractivity contribution in [2.45, 2.75) is 11.8 Å². The number of halogens is 1. The van der Waals surface area contributed by atoms with E-state index in [0.717, 1.165) is 0 Å². The SMILES string of the molecule is CCOc1ccc(Br)cc1S(=O)(=O)O. The normalized spacial score (nSPS) is 11.4. The van der Waals surface area contributed by atoms with Crippen molar-refractivity contribution in [2.75, 3.05) is 6.61 Å². The highest BCUT2D eigenvalue weighted by atomic mass is 79.9. The molecular formula is C8H9BrO4S. The third-order valence-electron chi connectivity index (χ3n) is 1.48. The minimum absolute atomic E-state index is 0.151. The Kier molecular flexibility index (Phi) is 3.52. The average molecular weight is 281 g/mol. The maximum Gasteiger partial charge on any atom is 0.298 e. The Morgan fingerprint density at radius 1 is 1.50 bits per heavy atom. The Labute approximate surface area is 90.8 Å². The molecule has 1 aromatic carbocycles. The quantitative estimate of drug-likeness (QED) is 0.862. The smallest absolute Gasteiger partial charge is 0.298 e. The third kappa shape index (κ3) is 2.70. The van der Waals surface area contributed by atoms with Crippen molar-refractivity contribution in [2.24, 2.45) is 0 Å². The maximum atomic E-state index is 10.9. The van der Waals surface area contributed by atoms with Crippen LogP contribution in [0.3, 0.4) is 0 Å². The third-order valence-corrected chi connectivity index (χ3v) is 2.85. The van der Waals surface area contributed by atoms with Crippen LogP contribution in [0, 0.1) is 0 Å². The van der Waals surface area contributed by atoms with Gasteiger partial charge in [-0.05, 0) is 25.1 Å². The van der Waals surface area contributed by atoms with E-state index >= 15 is 0 Å². The first-order valence-electron chi connectivity index (χ1n) is 3.85. The molecule has 0 heterocycles. The molecule has 1 aromatic rings. The number of rotatable bonds is 3. The Hall–Kier alpha value is -0.590. The van der Waals surface area contributed by atoms with Crippen LogP contribution in [0.1, 0.15) is 6.92 Å². The van der Waals surface area contributed by atoms with Crippen LogP contribution in [0.2, 0.25) is 0 Å². The Bertz CT molecular complexity index is 427. The summed E-state index contributed by atoms with van der Waals surface area (Å²) in [6.45, 7) is 2.07. The van der Waals surface area contributed by atoms with E-state index in [1.807, 2.05) is 0 Å². The van der Waals surface area contributed by atoms with E-state index in [-0.39, 0.29) is 10.6 Å². The Morgan fingerprint density at radius 3 is 2.64 bits per heavy atom. The van der Waals surface area contributed by atoms with E-state index in [0.29, 0.717) is 11.1 Å². The maximum absolute atomic E-state index is 10.9. The molecule has 14 heavy (non-hydrogen) atoms. The van der Waals surface area contributed by atoms with Crippen LogP contribution >= 0.6 is 15.9 Å². The summed E-state index contributed by atoms with van der Waals surface area (Å²) >= 11 is 3.11. The lowest BCUT2D eigenvalue weighted by Gasteiger charge is -2.07. The Morgan fingerprint density at radius 2 is 2.14 bits per heavy atom. The zero-order valence-corrected chi connectivity index (χ0v) is 9.80. The summed E-state index contributed by atoms with van der Waals surface area (Å²) in [4.78, 5) is -0.228. The molecule has 0 saturated heterocycles. The minimum atomic E-state index is -4.23. The van der Waals surface area contributed by atoms with E-state index in [9.17, 15) is 8.42 Å². The molecule has 0 aliphatic heterocycles. The fourth-order valence-electron chi connectivity index (χ4n) is 0.958. The highest BCUT2D eigenvalue weighted by molar-refractivity contribution is 9.10. The summed E-state index contributed by atoms with van der Waals surface area (Å²) in [5.74, 6) is 0.151. The molecule has 0 saturated carbocycles. The molecule has 4 nitrogen and oxygen atoms in total. The van der Waals surface area contributed by atoms with E-state index in [1.54, 1.807) is 13.0 Å². The number of hydrogen-bond acceptors (Lipinski definition) is 3. The number of ether oxygens (including phenoxy) is 1. The summed E-state index contributed by atoms with van der Waals surface area (Å²) in [6, 6.07) is 4.41. The van der Waals surface area contributed by atoms with Crippen molar-refractivity contribution in [1.82, 2.24) is 0 Å². The van der Waals surface area contributed by atoms with Crippen LogP contribution < -0.4 is 4.74 Å². The van der Waals surface area contributed by atoms with Gasteiger partial charge < -0.3 is 4.74 Å². The topological polar surface area (TPSA) is 63.6 Å². The molecule has 6 heteroatoms. The first kappa shape index (κ1) is 11.5. The lowest BCUT2D eigenvalue weighted by atomic mass is 10.3. The molecule has 78 valence electrons. The molecule has 1 N–H and O–H groups in total. The van der Waals surface area contributed by atoms with Gasteiger partial charge in [0.2, 0.25) is 0 Å². The molecule has 0 aromatic heterocycles. The lowest BCUT2D eigenvalue weighted by molar-refractivity contribution is 0.329. The van der Waals surface area contributed by atoms with Crippen molar-refractivity contribution < 1.29 is 17.7 Å². The number of benzene rings is 1. The average Bonchev–Trinajstić information content (AvgIpc) is 2.07. The first-order valence-corrected chi connectivity index (χ1v) is 6.08. The van der Waals surface area contributed by atoms with Crippen LogP contribution in [0.15, 0.2) is 27.6 Å². The van der Waals surface area contributed by atoms with Crippen molar-refractivity contribution in [3.63, 3.8) is 0 Å². The minimum Gasteiger partial charge on any atom is -0.492 e. The molecule has 0 aliphatic rings. The predicted molar refractivity (Wildman–Crippen MR) is 55.1 cm³/mol. The van der Waals surface area contributed by atoms with Gasteiger partial charge in [-0.1, -0.05) is 15.9 Å². The van der Waals surface area contributed by atoms with Gasteiger partial charge in [0.15, 0.2) is 0 Å². The molecule has 0 unspecified atom stereocenters. The fourth-order valence-corrected chi connectivity index (χ4v) is 2.13. The van der Waals surface area contributed by atoms with Gasteiger partial charge in [-0.2, -0.15) is 8.42 Å². The number of hydrogen-bond donors (Lipinski definition) is 1. The second-order valence-electron chi connectivity index (χ2n) is 2.50. The highest BCUT2D eigenvalue weighted by Crippen LogP contribution is 2.27. The highest BCUT2D eigenvalue weighted by Gasteiger charge is 2.16. The summed E-state index contributed by atoms with van der Waals surface area (Å²) in [5.41, 5.74) is 0. The fraction of sp³-hybridized carbons (Fsp3) is 0.250. The summed E-state index contributed by atoms with van der Waals surface area (Å²) in [7, 11) is -4.23. The van der Waals surface area contributed by atoms with Gasteiger partial charge in [-0.25, -0.2) is 0 Å². The predicted octanol–water partition coefficient (Wildman–Crippen LogP) is 2.09. The van der Waals surface area contributed by atoms with Crippen LogP contribution in [0.25, 0.3) is 0 Å². The van der Waals surface area contributed by atoms with Crippen molar-refractivity contribution in [3.05, 3.63) is 22.7 Å². The molecule has 0 bridgehead atoms. The molecule has 0 atom stereocenters. The summed E-state index contributed by atoms with van der Waals surface area (Å²) in [6.07, 6.45) is 0. The lowest BCUT2D eigenvalue weighted by Crippen LogP contribution is -2.03. The molecule has 0 aliphatic carbocycles. The molecule has 0 amide bonds. The molecule has 0 fully saturated rings. The standard InChI is InChI=1S/C8H9BrO4S/c1-2-13-7-4-3-6(9)5-8(7)14(10,11)12/h3-5H,2H2,1H3,(H,10,11,12). The van der Waals surface area contributed by atoms with Gasteiger partial charge in [0.25, 0.3) is 10.1 Å². The van der Waals surface area contributed by atoms with Gasteiger partial charge in [0, 0.05) is 4.47 Å². The molecule has 0 spiro atoms. The van der Waals surface area contributed by atoms with E-state index in [2.05, 4.69) is 15.9 Å². The van der Waals surface area contributed by atoms with Gasteiger partial charge >= 0.3 is 0 Å². The van der Waals surface area contributed by atoms with Crippen molar-refractivity contribution >= 4 is 26.0 Å². The van der Waals surface area contributed by atoms with E-state index in [4.69, 9.17) is 9.29 Å². The van der Waals surface area contributed by atoms with Gasteiger partial charge in [-0.15, -0.1) is 0 Å². The van der Waals surface area contributed by atoms with Gasteiger partial charge in [0.1, 0.15) is 10.6 Å². The molecule has 0 radical (unpaired) electrons. The first-order chi connectivity index (χ1) is 6.45.